The van der Waals surface area contributed by atoms with Gasteiger partial charge in [0.15, 0.2) is 0 Å². The molecule has 2 nitrogen and oxygen atoms in total. The molecule has 1 unspecified atom stereocenters. The van der Waals surface area contributed by atoms with Gasteiger partial charge >= 0.3 is 0 Å². The Bertz CT molecular complexity index is 183. The lowest BCUT2D eigenvalue weighted by Crippen LogP contribution is -2.10. The SMILES string of the molecule is COC(CC=C(C)C=O)CCC(C)C. The molecule has 0 fully saturated rings. The van der Waals surface area contributed by atoms with Crippen molar-refractivity contribution in [2.45, 2.75) is 46.1 Å². The molecule has 0 aliphatic rings. The summed E-state index contributed by atoms with van der Waals surface area (Å²) in [5.41, 5.74) is 0.789. The standard InChI is InChI=1S/C12H22O2/c1-10(2)5-7-12(14-4)8-6-11(3)9-13/h6,9-10,12H,5,7-8H2,1-4H3. The molecule has 0 aromatic carbocycles. The molecule has 0 rings (SSSR count). The Morgan fingerprint density at radius 2 is 2.00 bits per heavy atom. The van der Waals surface area contributed by atoms with Crippen LogP contribution < -0.4 is 0 Å². The maximum Gasteiger partial charge on any atom is 0.145 e. The van der Waals surface area contributed by atoms with Crippen LogP contribution in [0.5, 0.6) is 0 Å². The molecule has 0 bridgehead atoms. The van der Waals surface area contributed by atoms with E-state index in [1.807, 2.05) is 13.0 Å². The molecule has 0 spiro atoms. The van der Waals surface area contributed by atoms with Gasteiger partial charge in [-0.25, -0.2) is 0 Å². The smallest absolute Gasteiger partial charge is 0.145 e. The van der Waals surface area contributed by atoms with Crippen LogP contribution in [0.4, 0.5) is 0 Å². The Kier molecular flexibility index (Phi) is 7.40. The summed E-state index contributed by atoms with van der Waals surface area (Å²) in [5, 5.41) is 0. The number of hydrogen-bond acceptors (Lipinski definition) is 2. The number of allylic oxidation sites excluding steroid dienone is 1. The number of aldehydes is 1. The number of ether oxygens (including phenoxy) is 1. The van der Waals surface area contributed by atoms with E-state index in [1.54, 1.807) is 7.11 Å². The van der Waals surface area contributed by atoms with Crippen molar-refractivity contribution >= 4 is 6.29 Å². The van der Waals surface area contributed by atoms with Gasteiger partial charge in [-0.05, 0) is 37.7 Å². The molecule has 0 N–H and O–H groups in total. The first-order chi connectivity index (χ1) is 6.60. The van der Waals surface area contributed by atoms with Crippen molar-refractivity contribution in [3.63, 3.8) is 0 Å². The van der Waals surface area contributed by atoms with Gasteiger partial charge in [-0.1, -0.05) is 19.9 Å². The third-order valence-corrected chi connectivity index (χ3v) is 2.29. The first kappa shape index (κ1) is 13.4. The topological polar surface area (TPSA) is 26.3 Å². The Labute approximate surface area is 87.3 Å². The molecule has 0 aliphatic heterocycles. The van der Waals surface area contributed by atoms with Crippen LogP contribution in [0.3, 0.4) is 0 Å². The number of methoxy groups -OCH3 is 1. The highest BCUT2D eigenvalue weighted by Crippen LogP contribution is 2.12. The van der Waals surface area contributed by atoms with Gasteiger partial charge in [0.05, 0.1) is 6.10 Å². The molecule has 1 atom stereocenters. The largest absolute Gasteiger partial charge is 0.381 e. The van der Waals surface area contributed by atoms with E-state index in [4.69, 9.17) is 4.74 Å². The second-order valence-electron chi connectivity index (χ2n) is 4.13. The molecule has 0 radical (unpaired) electrons. The lowest BCUT2D eigenvalue weighted by atomic mass is 10.0. The fourth-order valence-corrected chi connectivity index (χ4v) is 1.22. The minimum absolute atomic E-state index is 0.257. The van der Waals surface area contributed by atoms with Crippen molar-refractivity contribution in [1.82, 2.24) is 0 Å². The number of rotatable bonds is 7. The van der Waals surface area contributed by atoms with E-state index < -0.39 is 0 Å². The number of carbonyl (C=O) groups is 1. The summed E-state index contributed by atoms with van der Waals surface area (Å²) in [6.07, 6.45) is 6.17. The van der Waals surface area contributed by atoms with Crippen molar-refractivity contribution < 1.29 is 9.53 Å². The zero-order valence-electron chi connectivity index (χ0n) is 9.75. The van der Waals surface area contributed by atoms with Gasteiger partial charge in [0.1, 0.15) is 6.29 Å². The highest BCUT2D eigenvalue weighted by molar-refractivity contribution is 5.71. The lowest BCUT2D eigenvalue weighted by Gasteiger charge is -2.14. The first-order valence-electron chi connectivity index (χ1n) is 5.24. The maximum atomic E-state index is 10.4. The highest BCUT2D eigenvalue weighted by atomic mass is 16.5. The van der Waals surface area contributed by atoms with Crippen LogP contribution in [0, 0.1) is 5.92 Å². The van der Waals surface area contributed by atoms with Gasteiger partial charge in [0, 0.05) is 7.11 Å². The summed E-state index contributed by atoms with van der Waals surface area (Å²) in [7, 11) is 1.73. The quantitative estimate of drug-likeness (QED) is 0.464. The number of hydrogen-bond donors (Lipinski definition) is 0. The van der Waals surface area contributed by atoms with E-state index in [0.29, 0.717) is 5.92 Å². The van der Waals surface area contributed by atoms with E-state index in [-0.39, 0.29) is 6.10 Å². The Hall–Kier alpha value is -0.630. The van der Waals surface area contributed by atoms with Gasteiger partial charge in [-0.15, -0.1) is 0 Å². The molecular weight excluding hydrogens is 176 g/mol. The molecule has 0 saturated heterocycles. The Balaban J connectivity index is 3.84. The first-order valence-corrected chi connectivity index (χ1v) is 5.24. The molecule has 0 heterocycles. The second kappa shape index (κ2) is 7.74. The Morgan fingerprint density at radius 3 is 2.43 bits per heavy atom. The summed E-state index contributed by atoms with van der Waals surface area (Å²) >= 11 is 0. The summed E-state index contributed by atoms with van der Waals surface area (Å²) < 4.78 is 5.34. The monoisotopic (exact) mass is 198 g/mol. The van der Waals surface area contributed by atoms with Crippen molar-refractivity contribution in [1.29, 1.82) is 0 Å². The van der Waals surface area contributed by atoms with Crippen LogP contribution >= 0.6 is 0 Å². The fraction of sp³-hybridized carbons (Fsp3) is 0.750. The van der Waals surface area contributed by atoms with Crippen LogP contribution in [0.2, 0.25) is 0 Å². The fourth-order valence-electron chi connectivity index (χ4n) is 1.22. The zero-order valence-corrected chi connectivity index (χ0v) is 9.75. The molecule has 0 aliphatic carbocycles. The van der Waals surface area contributed by atoms with Crippen molar-refractivity contribution in [3.8, 4) is 0 Å². The molecule has 14 heavy (non-hydrogen) atoms. The van der Waals surface area contributed by atoms with E-state index in [0.717, 1.165) is 24.7 Å². The highest BCUT2D eigenvalue weighted by Gasteiger charge is 2.06. The van der Waals surface area contributed by atoms with Crippen LogP contribution in [-0.2, 0) is 9.53 Å². The van der Waals surface area contributed by atoms with Crippen molar-refractivity contribution in [3.05, 3.63) is 11.6 Å². The van der Waals surface area contributed by atoms with Crippen molar-refractivity contribution in [2.24, 2.45) is 5.92 Å². The van der Waals surface area contributed by atoms with E-state index in [9.17, 15) is 4.79 Å². The van der Waals surface area contributed by atoms with Crippen LogP contribution in [0.25, 0.3) is 0 Å². The normalized spacial score (nSPS) is 14.5. The van der Waals surface area contributed by atoms with Crippen LogP contribution in [-0.4, -0.2) is 19.5 Å². The summed E-state index contributed by atoms with van der Waals surface area (Å²) in [6, 6.07) is 0. The van der Waals surface area contributed by atoms with Crippen LogP contribution in [0.15, 0.2) is 11.6 Å². The van der Waals surface area contributed by atoms with Gasteiger partial charge in [-0.3, -0.25) is 4.79 Å². The molecule has 0 aromatic rings. The predicted molar refractivity (Wildman–Crippen MR) is 59.3 cm³/mol. The molecule has 0 aromatic heterocycles. The third kappa shape index (κ3) is 6.84. The molecule has 0 saturated carbocycles. The van der Waals surface area contributed by atoms with E-state index >= 15 is 0 Å². The second-order valence-corrected chi connectivity index (χ2v) is 4.13. The average molecular weight is 198 g/mol. The Morgan fingerprint density at radius 1 is 1.36 bits per heavy atom. The average Bonchev–Trinajstić information content (AvgIpc) is 2.17. The molecule has 2 heteroatoms. The summed E-state index contributed by atoms with van der Waals surface area (Å²) in [5.74, 6) is 0.712. The van der Waals surface area contributed by atoms with Gasteiger partial charge < -0.3 is 4.74 Å². The predicted octanol–water partition coefficient (Wildman–Crippen LogP) is 2.97. The van der Waals surface area contributed by atoms with Gasteiger partial charge in [0.25, 0.3) is 0 Å². The van der Waals surface area contributed by atoms with Gasteiger partial charge in [-0.2, -0.15) is 0 Å². The maximum absolute atomic E-state index is 10.4. The third-order valence-electron chi connectivity index (χ3n) is 2.29. The molecule has 0 amide bonds. The lowest BCUT2D eigenvalue weighted by molar-refractivity contribution is -0.104. The summed E-state index contributed by atoms with van der Waals surface area (Å²) in [4.78, 5) is 10.4. The van der Waals surface area contributed by atoms with Gasteiger partial charge in [0.2, 0.25) is 0 Å². The van der Waals surface area contributed by atoms with Crippen LogP contribution in [0.1, 0.15) is 40.0 Å². The number of carbonyl (C=O) groups excluding carboxylic acids is 1. The molecular formula is C12H22O2. The van der Waals surface area contributed by atoms with E-state index in [1.165, 1.54) is 6.42 Å². The van der Waals surface area contributed by atoms with E-state index in [2.05, 4.69) is 13.8 Å². The molecule has 82 valence electrons. The minimum atomic E-state index is 0.257. The summed E-state index contributed by atoms with van der Waals surface area (Å²) in [6.45, 7) is 6.24. The van der Waals surface area contributed by atoms with Crippen molar-refractivity contribution in [2.75, 3.05) is 7.11 Å². The minimum Gasteiger partial charge on any atom is -0.381 e. The zero-order chi connectivity index (χ0) is 11.0.